The fraction of sp³-hybridized carbons (Fsp3) is 0.467. The monoisotopic (exact) mass is 290 g/mol. The van der Waals surface area contributed by atoms with Gasteiger partial charge < -0.3 is 20.1 Å². The van der Waals surface area contributed by atoms with Gasteiger partial charge in [0, 0.05) is 24.5 Å². The van der Waals surface area contributed by atoms with Crippen molar-refractivity contribution in [2.24, 2.45) is 5.92 Å². The molecule has 2 aromatic heterocycles. The predicted molar refractivity (Wildman–Crippen MR) is 81.0 cm³/mol. The van der Waals surface area contributed by atoms with Crippen LogP contribution in [0.4, 0.5) is 4.79 Å². The zero-order valence-electron chi connectivity index (χ0n) is 12.6. The van der Waals surface area contributed by atoms with Crippen LogP contribution in [0.15, 0.2) is 24.4 Å². The molecule has 2 aromatic rings. The molecule has 0 saturated carbocycles. The number of carbonyl (C=O) groups is 1. The van der Waals surface area contributed by atoms with E-state index < -0.39 is 0 Å². The quantitative estimate of drug-likeness (QED) is 0.780. The maximum absolute atomic E-state index is 11.8. The molecule has 0 saturated heterocycles. The second-order valence-corrected chi connectivity index (χ2v) is 5.40. The van der Waals surface area contributed by atoms with E-state index in [0.717, 1.165) is 17.0 Å². The van der Waals surface area contributed by atoms with Crippen molar-refractivity contribution >= 4 is 11.7 Å². The van der Waals surface area contributed by atoms with Crippen LogP contribution >= 0.6 is 0 Å². The van der Waals surface area contributed by atoms with Gasteiger partial charge in [-0.15, -0.1) is 0 Å². The summed E-state index contributed by atoms with van der Waals surface area (Å²) in [6.07, 6.45) is 1.92. The fourth-order valence-corrected chi connectivity index (χ4v) is 2.01. The second kappa shape index (κ2) is 6.58. The molecule has 6 heteroatoms. The summed E-state index contributed by atoms with van der Waals surface area (Å²) in [6, 6.07) is 5.56. The third kappa shape index (κ3) is 3.72. The molecule has 0 aliphatic heterocycles. The topological polar surface area (TPSA) is 78.7 Å². The van der Waals surface area contributed by atoms with Gasteiger partial charge in [0.2, 0.25) is 0 Å². The number of rotatable bonds is 5. The molecule has 0 fully saturated rings. The Labute approximate surface area is 124 Å². The Morgan fingerprint density at radius 3 is 2.86 bits per heavy atom. The molecule has 0 aliphatic rings. The largest absolute Gasteiger partial charge is 0.396 e. The lowest BCUT2D eigenvalue weighted by Crippen LogP contribution is -2.44. The number of nitrogens with one attached hydrogen (secondary N) is 2. The van der Waals surface area contributed by atoms with E-state index in [9.17, 15) is 4.79 Å². The van der Waals surface area contributed by atoms with Crippen LogP contribution in [0.3, 0.4) is 0 Å². The van der Waals surface area contributed by atoms with Crippen molar-refractivity contribution in [3.8, 4) is 0 Å². The summed E-state index contributed by atoms with van der Waals surface area (Å²) >= 11 is 0. The highest BCUT2D eigenvalue weighted by Gasteiger charge is 2.13. The number of aromatic nitrogens is 2. The molecule has 2 heterocycles. The molecule has 2 rings (SSSR count). The molecule has 21 heavy (non-hydrogen) atoms. The number of aliphatic hydroxyl groups is 1. The molecule has 114 valence electrons. The van der Waals surface area contributed by atoms with E-state index in [1.54, 1.807) is 0 Å². The summed E-state index contributed by atoms with van der Waals surface area (Å²) in [5.74, 6) is 0.0218. The molecule has 0 aliphatic carbocycles. The SMILES string of the molecule is Cc1cccc2nc(CNC(=O)NC(C)C(C)CO)cn12. The number of carbonyl (C=O) groups excluding carboxylic acids is 1. The lowest BCUT2D eigenvalue weighted by molar-refractivity contribution is 0.200. The standard InChI is InChI=1S/C15H22N4O2/c1-10(9-20)12(3)17-15(21)16-7-13-8-19-11(2)5-4-6-14(19)18-13/h4-6,8,10,12,20H,7,9H2,1-3H3,(H2,16,17,21). The lowest BCUT2D eigenvalue weighted by atomic mass is 10.1. The van der Waals surface area contributed by atoms with Gasteiger partial charge in [0.15, 0.2) is 0 Å². The maximum Gasteiger partial charge on any atom is 0.315 e. The number of aliphatic hydroxyl groups excluding tert-OH is 1. The van der Waals surface area contributed by atoms with Crippen LogP contribution in [0, 0.1) is 12.8 Å². The van der Waals surface area contributed by atoms with Gasteiger partial charge in [0.1, 0.15) is 5.65 Å². The van der Waals surface area contributed by atoms with Crippen LogP contribution in [0.5, 0.6) is 0 Å². The smallest absolute Gasteiger partial charge is 0.315 e. The van der Waals surface area contributed by atoms with Gasteiger partial charge >= 0.3 is 6.03 Å². The minimum Gasteiger partial charge on any atom is -0.396 e. The third-order valence-electron chi connectivity index (χ3n) is 3.68. The number of imidazole rings is 1. The average molecular weight is 290 g/mol. The molecular weight excluding hydrogens is 268 g/mol. The fourth-order valence-electron chi connectivity index (χ4n) is 2.01. The summed E-state index contributed by atoms with van der Waals surface area (Å²) in [7, 11) is 0. The number of urea groups is 1. The molecular formula is C15H22N4O2. The lowest BCUT2D eigenvalue weighted by Gasteiger charge is -2.19. The number of pyridine rings is 1. The molecule has 3 N–H and O–H groups in total. The third-order valence-corrected chi connectivity index (χ3v) is 3.68. The van der Waals surface area contributed by atoms with E-state index in [-0.39, 0.29) is 24.6 Å². The Bertz CT molecular complexity index is 623. The van der Waals surface area contributed by atoms with Gasteiger partial charge in [0.25, 0.3) is 0 Å². The Kier molecular flexibility index (Phi) is 4.80. The highest BCUT2D eigenvalue weighted by Crippen LogP contribution is 2.08. The summed E-state index contributed by atoms with van der Waals surface area (Å²) in [5, 5.41) is 14.6. The first-order valence-electron chi connectivity index (χ1n) is 7.10. The van der Waals surface area contributed by atoms with E-state index in [1.165, 1.54) is 0 Å². The summed E-state index contributed by atoms with van der Waals surface area (Å²) in [5.41, 5.74) is 2.78. The van der Waals surface area contributed by atoms with Crippen LogP contribution in [-0.4, -0.2) is 33.2 Å². The van der Waals surface area contributed by atoms with Crippen molar-refractivity contribution < 1.29 is 9.90 Å². The van der Waals surface area contributed by atoms with Gasteiger partial charge in [-0.1, -0.05) is 13.0 Å². The number of fused-ring (bicyclic) bond motifs is 1. The first kappa shape index (κ1) is 15.3. The number of aryl methyl sites for hydroxylation is 1. The summed E-state index contributed by atoms with van der Waals surface area (Å²) < 4.78 is 1.99. The highest BCUT2D eigenvalue weighted by molar-refractivity contribution is 5.74. The van der Waals surface area contributed by atoms with Crippen LogP contribution in [0.2, 0.25) is 0 Å². The highest BCUT2D eigenvalue weighted by atomic mass is 16.3. The van der Waals surface area contributed by atoms with Gasteiger partial charge in [-0.25, -0.2) is 9.78 Å². The number of nitrogens with zero attached hydrogens (tertiary/aromatic N) is 2. The normalized spacial score (nSPS) is 13.9. The van der Waals surface area contributed by atoms with Crippen molar-refractivity contribution in [3.05, 3.63) is 35.8 Å². The van der Waals surface area contributed by atoms with Crippen molar-refractivity contribution in [1.29, 1.82) is 0 Å². The van der Waals surface area contributed by atoms with Crippen LogP contribution < -0.4 is 10.6 Å². The molecule has 2 amide bonds. The molecule has 0 aromatic carbocycles. The molecule has 0 spiro atoms. The molecule has 2 atom stereocenters. The van der Waals surface area contributed by atoms with Crippen LogP contribution in [0.1, 0.15) is 25.2 Å². The van der Waals surface area contributed by atoms with Gasteiger partial charge in [-0.2, -0.15) is 0 Å². The predicted octanol–water partition coefficient (Wildman–Crippen LogP) is 1.46. The Hall–Kier alpha value is -2.08. The second-order valence-electron chi connectivity index (χ2n) is 5.40. The number of hydrogen-bond acceptors (Lipinski definition) is 3. The summed E-state index contributed by atoms with van der Waals surface area (Å²) in [4.78, 5) is 16.2. The Morgan fingerprint density at radius 2 is 2.19 bits per heavy atom. The Balaban J connectivity index is 1.92. The van der Waals surface area contributed by atoms with E-state index in [0.29, 0.717) is 6.54 Å². The molecule has 6 nitrogen and oxygen atoms in total. The van der Waals surface area contributed by atoms with Gasteiger partial charge in [0.05, 0.1) is 12.2 Å². The summed E-state index contributed by atoms with van der Waals surface area (Å²) in [6.45, 7) is 6.18. The zero-order chi connectivity index (χ0) is 15.4. The van der Waals surface area contributed by atoms with E-state index in [1.807, 2.05) is 49.6 Å². The van der Waals surface area contributed by atoms with Crippen molar-refractivity contribution in [2.45, 2.75) is 33.4 Å². The van der Waals surface area contributed by atoms with Gasteiger partial charge in [-0.05, 0) is 31.9 Å². The maximum atomic E-state index is 11.8. The van der Waals surface area contributed by atoms with E-state index in [4.69, 9.17) is 5.11 Å². The number of amides is 2. The molecule has 0 radical (unpaired) electrons. The Morgan fingerprint density at radius 1 is 1.43 bits per heavy atom. The molecule has 0 bridgehead atoms. The van der Waals surface area contributed by atoms with Crippen molar-refractivity contribution in [2.75, 3.05) is 6.61 Å². The average Bonchev–Trinajstić information content (AvgIpc) is 2.88. The van der Waals surface area contributed by atoms with Crippen molar-refractivity contribution in [1.82, 2.24) is 20.0 Å². The van der Waals surface area contributed by atoms with Crippen LogP contribution in [-0.2, 0) is 6.54 Å². The first-order valence-corrected chi connectivity index (χ1v) is 7.10. The molecule has 2 unspecified atom stereocenters. The van der Waals surface area contributed by atoms with Crippen LogP contribution in [0.25, 0.3) is 5.65 Å². The minimum atomic E-state index is -0.253. The first-order chi connectivity index (χ1) is 10.0. The number of hydrogen-bond donors (Lipinski definition) is 3. The van der Waals surface area contributed by atoms with Crippen molar-refractivity contribution in [3.63, 3.8) is 0 Å². The van der Waals surface area contributed by atoms with E-state index in [2.05, 4.69) is 15.6 Å². The van der Waals surface area contributed by atoms with Gasteiger partial charge in [-0.3, -0.25) is 0 Å². The zero-order valence-corrected chi connectivity index (χ0v) is 12.6. The minimum absolute atomic E-state index is 0.0218. The van der Waals surface area contributed by atoms with E-state index >= 15 is 0 Å².